The average molecular weight is 180 g/mol. The summed E-state index contributed by atoms with van der Waals surface area (Å²) in [6, 6.07) is 0.706. The Hall–Kier alpha value is -0.630. The van der Waals surface area contributed by atoms with Gasteiger partial charge >= 0.3 is 0 Å². The van der Waals surface area contributed by atoms with Crippen molar-refractivity contribution in [2.45, 2.75) is 45.1 Å². The molecule has 1 saturated carbocycles. The highest BCUT2D eigenvalue weighted by atomic mass is 14.9. The van der Waals surface area contributed by atoms with Crippen LogP contribution in [0.3, 0.4) is 0 Å². The lowest BCUT2D eigenvalue weighted by atomic mass is 9.95. The van der Waals surface area contributed by atoms with Crippen molar-refractivity contribution in [1.82, 2.24) is 5.32 Å². The van der Waals surface area contributed by atoms with E-state index in [2.05, 4.69) is 16.9 Å². The minimum absolute atomic E-state index is 0.706. The molecule has 0 aromatic rings. The van der Waals surface area contributed by atoms with Crippen LogP contribution in [0.4, 0.5) is 0 Å². The molecule has 0 spiro atoms. The number of hydrogen-bond acceptors (Lipinski definition) is 2. The van der Waals surface area contributed by atoms with Crippen molar-refractivity contribution in [3.8, 4) is 0 Å². The number of nitrogens with one attached hydrogen (secondary N) is 1. The van der Waals surface area contributed by atoms with Gasteiger partial charge in [0.15, 0.2) is 0 Å². The van der Waals surface area contributed by atoms with E-state index in [0.29, 0.717) is 6.04 Å². The molecule has 0 saturated heterocycles. The van der Waals surface area contributed by atoms with Crippen LogP contribution in [-0.2, 0) is 0 Å². The second-order valence-corrected chi connectivity index (χ2v) is 3.67. The molecule has 2 heteroatoms. The largest absolute Gasteiger partial charge is 0.308 e. The first-order valence-electron chi connectivity index (χ1n) is 5.22. The third-order valence-corrected chi connectivity index (χ3v) is 2.51. The maximum absolute atomic E-state index is 4.13. The second kappa shape index (κ2) is 5.92. The van der Waals surface area contributed by atoms with E-state index >= 15 is 0 Å². The molecule has 0 aromatic heterocycles. The van der Waals surface area contributed by atoms with Gasteiger partial charge in [-0.2, -0.15) is 0 Å². The normalized spacial score (nSPS) is 19.5. The fourth-order valence-electron chi connectivity index (χ4n) is 1.80. The zero-order valence-corrected chi connectivity index (χ0v) is 8.55. The molecule has 1 rings (SSSR count). The SMILES string of the molecule is C=C(CNC1CCCCC1)N=CC. The first-order valence-corrected chi connectivity index (χ1v) is 5.22. The number of hydrogen-bond donors (Lipinski definition) is 1. The Morgan fingerprint density at radius 3 is 2.77 bits per heavy atom. The van der Waals surface area contributed by atoms with Crippen LogP contribution in [0.2, 0.25) is 0 Å². The standard InChI is InChI=1S/C11H20N2/c1-3-12-10(2)9-13-11-7-5-4-6-8-11/h3,11,13H,2,4-9H2,1H3. The van der Waals surface area contributed by atoms with Gasteiger partial charge in [0.2, 0.25) is 0 Å². The molecular weight excluding hydrogens is 160 g/mol. The molecule has 0 aliphatic heterocycles. The molecule has 74 valence electrons. The highest BCUT2D eigenvalue weighted by Crippen LogP contribution is 2.17. The topological polar surface area (TPSA) is 24.4 Å². The van der Waals surface area contributed by atoms with Gasteiger partial charge in [-0.25, -0.2) is 0 Å². The quantitative estimate of drug-likeness (QED) is 0.660. The summed E-state index contributed by atoms with van der Waals surface area (Å²) < 4.78 is 0. The van der Waals surface area contributed by atoms with Gasteiger partial charge in [-0.3, -0.25) is 4.99 Å². The molecule has 13 heavy (non-hydrogen) atoms. The molecule has 1 aliphatic rings. The smallest absolute Gasteiger partial charge is 0.0466 e. The van der Waals surface area contributed by atoms with Gasteiger partial charge in [0.1, 0.15) is 0 Å². The van der Waals surface area contributed by atoms with E-state index in [1.807, 2.05) is 6.92 Å². The van der Waals surface area contributed by atoms with Gasteiger partial charge in [-0.05, 0) is 19.8 Å². The molecule has 0 atom stereocenters. The molecule has 1 fully saturated rings. The highest BCUT2D eigenvalue weighted by Gasteiger charge is 2.11. The lowest BCUT2D eigenvalue weighted by molar-refractivity contribution is 0.382. The first kappa shape index (κ1) is 10.5. The molecule has 0 bridgehead atoms. The summed E-state index contributed by atoms with van der Waals surface area (Å²) >= 11 is 0. The van der Waals surface area contributed by atoms with Crippen LogP contribution in [0.1, 0.15) is 39.0 Å². The van der Waals surface area contributed by atoms with E-state index in [1.165, 1.54) is 32.1 Å². The Balaban J connectivity index is 2.13. The molecule has 0 radical (unpaired) electrons. The van der Waals surface area contributed by atoms with Crippen molar-refractivity contribution in [3.05, 3.63) is 12.3 Å². The number of nitrogens with zero attached hydrogens (tertiary/aromatic N) is 1. The molecule has 1 N–H and O–H groups in total. The van der Waals surface area contributed by atoms with Crippen LogP contribution in [0.15, 0.2) is 17.3 Å². The summed E-state index contributed by atoms with van der Waals surface area (Å²) in [7, 11) is 0. The maximum Gasteiger partial charge on any atom is 0.0466 e. The fourth-order valence-corrected chi connectivity index (χ4v) is 1.80. The molecule has 1 aliphatic carbocycles. The lowest BCUT2D eigenvalue weighted by Crippen LogP contribution is -2.32. The van der Waals surface area contributed by atoms with E-state index in [9.17, 15) is 0 Å². The van der Waals surface area contributed by atoms with Gasteiger partial charge in [0.25, 0.3) is 0 Å². The van der Waals surface area contributed by atoms with Crippen molar-refractivity contribution in [1.29, 1.82) is 0 Å². The first-order chi connectivity index (χ1) is 6.33. The summed E-state index contributed by atoms with van der Waals surface area (Å²) in [6.45, 7) is 6.63. The third kappa shape index (κ3) is 4.23. The minimum atomic E-state index is 0.706. The van der Waals surface area contributed by atoms with Crippen LogP contribution in [0, 0.1) is 0 Å². The van der Waals surface area contributed by atoms with Crippen LogP contribution in [0.5, 0.6) is 0 Å². The Morgan fingerprint density at radius 2 is 2.15 bits per heavy atom. The molecule has 2 nitrogen and oxygen atoms in total. The van der Waals surface area contributed by atoms with Gasteiger partial charge < -0.3 is 5.32 Å². The van der Waals surface area contributed by atoms with E-state index in [-0.39, 0.29) is 0 Å². The predicted octanol–water partition coefficient (Wildman–Crippen LogP) is 2.51. The maximum atomic E-state index is 4.13. The Labute approximate surface area is 81.1 Å². The summed E-state index contributed by atoms with van der Waals surface area (Å²) in [4.78, 5) is 4.13. The van der Waals surface area contributed by atoms with Crippen LogP contribution in [0.25, 0.3) is 0 Å². The fraction of sp³-hybridized carbons (Fsp3) is 0.727. The molecule has 0 unspecified atom stereocenters. The molecular formula is C11H20N2. The Morgan fingerprint density at radius 1 is 1.46 bits per heavy atom. The molecule has 0 amide bonds. The van der Waals surface area contributed by atoms with Crippen molar-refractivity contribution >= 4 is 6.21 Å². The van der Waals surface area contributed by atoms with Gasteiger partial charge in [0, 0.05) is 24.5 Å². The van der Waals surface area contributed by atoms with Crippen LogP contribution in [-0.4, -0.2) is 18.8 Å². The van der Waals surface area contributed by atoms with E-state index < -0.39 is 0 Å². The second-order valence-electron chi connectivity index (χ2n) is 3.67. The monoisotopic (exact) mass is 180 g/mol. The predicted molar refractivity (Wildman–Crippen MR) is 58.2 cm³/mol. The third-order valence-electron chi connectivity index (χ3n) is 2.51. The molecule has 0 aromatic carbocycles. The zero-order valence-electron chi connectivity index (χ0n) is 8.55. The van der Waals surface area contributed by atoms with E-state index in [0.717, 1.165) is 12.2 Å². The van der Waals surface area contributed by atoms with Gasteiger partial charge in [0.05, 0.1) is 0 Å². The summed E-state index contributed by atoms with van der Waals surface area (Å²) in [5.74, 6) is 0. The number of rotatable bonds is 4. The average Bonchev–Trinajstić information content (AvgIpc) is 2.17. The minimum Gasteiger partial charge on any atom is -0.308 e. The van der Waals surface area contributed by atoms with Crippen molar-refractivity contribution in [2.24, 2.45) is 4.99 Å². The Kier molecular flexibility index (Phi) is 4.76. The molecule has 0 heterocycles. The van der Waals surface area contributed by atoms with Crippen molar-refractivity contribution < 1.29 is 0 Å². The van der Waals surface area contributed by atoms with Crippen molar-refractivity contribution in [3.63, 3.8) is 0 Å². The summed E-state index contributed by atoms with van der Waals surface area (Å²) in [5, 5.41) is 3.49. The van der Waals surface area contributed by atoms with E-state index in [1.54, 1.807) is 6.21 Å². The zero-order chi connectivity index (χ0) is 9.52. The van der Waals surface area contributed by atoms with Crippen LogP contribution < -0.4 is 5.32 Å². The highest BCUT2D eigenvalue weighted by molar-refractivity contribution is 5.55. The summed E-state index contributed by atoms with van der Waals surface area (Å²) in [6.07, 6.45) is 8.60. The Bertz CT molecular complexity index is 179. The van der Waals surface area contributed by atoms with Gasteiger partial charge in [-0.1, -0.05) is 25.8 Å². The van der Waals surface area contributed by atoms with Gasteiger partial charge in [-0.15, -0.1) is 0 Å². The number of aliphatic imine (C=N–C) groups is 1. The van der Waals surface area contributed by atoms with Crippen LogP contribution >= 0.6 is 0 Å². The summed E-state index contributed by atoms with van der Waals surface area (Å²) in [5.41, 5.74) is 0.938. The van der Waals surface area contributed by atoms with E-state index in [4.69, 9.17) is 0 Å². The lowest BCUT2D eigenvalue weighted by Gasteiger charge is -2.22. The van der Waals surface area contributed by atoms with Crippen molar-refractivity contribution in [2.75, 3.05) is 6.54 Å².